The van der Waals surface area contributed by atoms with E-state index in [1.165, 1.54) is 16.7 Å². The molecule has 30 heavy (non-hydrogen) atoms. The molecule has 2 aromatic heterocycles. The molecule has 3 nitrogen and oxygen atoms in total. The zero-order chi connectivity index (χ0) is 20.2. The minimum atomic E-state index is 0. The monoisotopic (exact) mass is 435 g/mol. The summed E-state index contributed by atoms with van der Waals surface area (Å²) in [5, 5.41) is 3.65. The number of anilines is 2. The number of aryl methyl sites for hydroxylation is 3. The van der Waals surface area contributed by atoms with Crippen molar-refractivity contribution >= 4 is 17.2 Å². The molecule has 0 spiro atoms. The normalized spacial score (nSPS) is 10.2. The van der Waals surface area contributed by atoms with Crippen LogP contribution in [0.2, 0.25) is 0 Å². The number of fused-ring (bicyclic) bond motifs is 1. The van der Waals surface area contributed by atoms with Crippen LogP contribution in [-0.2, 0) is 17.1 Å². The molecule has 5 aromatic rings. The first-order valence-corrected chi connectivity index (χ1v) is 9.84. The van der Waals surface area contributed by atoms with Crippen molar-refractivity contribution < 1.29 is 17.1 Å². The molecule has 152 valence electrons. The van der Waals surface area contributed by atoms with Crippen LogP contribution in [0.3, 0.4) is 0 Å². The number of nitrogens with zero attached hydrogens (tertiary/aromatic N) is 2. The standard InChI is InChI=1S/C21H20N3.C5H5.Fe/c1-14-11-12-18-22-20(17-9-4-5-10-17)21(24(18)13-14)23-19-15(2)7-6-8-16(19)3;1-2-4-5-3-1;/h4-13,23H,1-3H3;1-5H;/q2*-1;+2. The molecule has 0 bridgehead atoms. The summed E-state index contributed by atoms with van der Waals surface area (Å²) < 4.78 is 2.14. The Kier molecular flexibility index (Phi) is 6.94. The molecule has 0 fully saturated rings. The summed E-state index contributed by atoms with van der Waals surface area (Å²) in [6, 6.07) is 28.8. The van der Waals surface area contributed by atoms with Crippen LogP contribution in [0.5, 0.6) is 0 Å². The Balaban J connectivity index is 0.000000376. The molecule has 0 aliphatic heterocycles. The summed E-state index contributed by atoms with van der Waals surface area (Å²) in [5.74, 6) is 1.01. The van der Waals surface area contributed by atoms with Gasteiger partial charge in [0, 0.05) is 17.6 Å². The second kappa shape index (κ2) is 9.62. The number of rotatable bonds is 3. The van der Waals surface area contributed by atoms with Crippen LogP contribution in [0.15, 0.2) is 91.1 Å². The third-order valence-corrected chi connectivity index (χ3v) is 4.98. The third kappa shape index (κ3) is 4.56. The molecule has 0 saturated heterocycles. The Hall–Kier alpha value is -3.07. The molecule has 0 aliphatic rings. The first-order valence-electron chi connectivity index (χ1n) is 9.84. The topological polar surface area (TPSA) is 29.3 Å². The smallest absolute Gasteiger partial charge is 0.378 e. The summed E-state index contributed by atoms with van der Waals surface area (Å²) in [5.41, 5.74) is 7.87. The van der Waals surface area contributed by atoms with Crippen molar-refractivity contribution in [1.82, 2.24) is 9.38 Å². The summed E-state index contributed by atoms with van der Waals surface area (Å²) >= 11 is 0. The van der Waals surface area contributed by atoms with Crippen molar-refractivity contribution in [3.63, 3.8) is 0 Å². The first-order chi connectivity index (χ1) is 14.1. The van der Waals surface area contributed by atoms with E-state index < -0.39 is 0 Å². The van der Waals surface area contributed by atoms with Crippen LogP contribution >= 0.6 is 0 Å². The van der Waals surface area contributed by atoms with Crippen molar-refractivity contribution in [3.8, 4) is 11.3 Å². The largest absolute Gasteiger partial charge is 2.00 e. The number of imidazole rings is 1. The molecule has 3 aromatic carbocycles. The molecule has 1 N–H and O–H groups in total. The van der Waals surface area contributed by atoms with Gasteiger partial charge in [-0.3, -0.25) is 0 Å². The van der Waals surface area contributed by atoms with Crippen LogP contribution in [-0.4, -0.2) is 9.38 Å². The molecular formula is C26H25FeN3. The number of pyridine rings is 1. The molecule has 0 amide bonds. The quantitative estimate of drug-likeness (QED) is 0.250. The first kappa shape index (κ1) is 21.6. The van der Waals surface area contributed by atoms with Crippen molar-refractivity contribution in [2.75, 3.05) is 5.32 Å². The van der Waals surface area contributed by atoms with E-state index in [4.69, 9.17) is 4.98 Å². The van der Waals surface area contributed by atoms with Gasteiger partial charge < -0.3 is 9.72 Å². The molecule has 0 aliphatic carbocycles. The van der Waals surface area contributed by atoms with E-state index >= 15 is 0 Å². The van der Waals surface area contributed by atoms with E-state index in [0.717, 1.165) is 28.4 Å². The van der Waals surface area contributed by atoms with E-state index in [9.17, 15) is 0 Å². The molecule has 5 rings (SSSR count). The average Bonchev–Trinajstić information content (AvgIpc) is 3.47. The Morgan fingerprint density at radius 1 is 0.867 bits per heavy atom. The minimum Gasteiger partial charge on any atom is -0.378 e. The second-order valence-electron chi connectivity index (χ2n) is 7.27. The predicted octanol–water partition coefficient (Wildman–Crippen LogP) is 6.79. The zero-order valence-electron chi connectivity index (χ0n) is 17.4. The number of hydrogen-bond donors (Lipinski definition) is 1. The molecule has 0 unspecified atom stereocenters. The maximum atomic E-state index is 4.85. The van der Waals surface area contributed by atoms with Gasteiger partial charge in [-0.05, 0) is 43.5 Å². The minimum absolute atomic E-state index is 0. The third-order valence-electron chi connectivity index (χ3n) is 4.98. The van der Waals surface area contributed by atoms with E-state index in [2.05, 4.69) is 79.2 Å². The van der Waals surface area contributed by atoms with E-state index in [1.807, 2.05) is 42.5 Å². The van der Waals surface area contributed by atoms with Crippen molar-refractivity contribution in [1.29, 1.82) is 0 Å². The number of benzene rings is 1. The summed E-state index contributed by atoms with van der Waals surface area (Å²) in [4.78, 5) is 4.85. The van der Waals surface area contributed by atoms with Crippen LogP contribution in [0, 0.1) is 20.8 Å². The maximum absolute atomic E-state index is 4.85. The van der Waals surface area contributed by atoms with E-state index in [-0.39, 0.29) is 17.1 Å². The van der Waals surface area contributed by atoms with Gasteiger partial charge in [0.15, 0.2) is 0 Å². The van der Waals surface area contributed by atoms with Gasteiger partial charge >= 0.3 is 17.1 Å². The number of para-hydroxylation sites is 1. The fourth-order valence-electron chi connectivity index (χ4n) is 3.45. The SMILES string of the molecule is Cc1ccc2nc(-[c-]3cccc3)c(Nc3c(C)cccc3C)n2c1.[Fe+2].c1cc[cH-]c1. The van der Waals surface area contributed by atoms with Crippen molar-refractivity contribution in [2.45, 2.75) is 20.8 Å². The van der Waals surface area contributed by atoms with Crippen LogP contribution in [0.25, 0.3) is 16.9 Å². The van der Waals surface area contributed by atoms with E-state index in [0.29, 0.717) is 0 Å². The van der Waals surface area contributed by atoms with Gasteiger partial charge in [-0.2, -0.15) is 30.3 Å². The second-order valence-corrected chi connectivity index (χ2v) is 7.27. The van der Waals surface area contributed by atoms with Gasteiger partial charge in [-0.25, -0.2) is 17.1 Å². The van der Waals surface area contributed by atoms with Gasteiger partial charge in [0.1, 0.15) is 5.65 Å². The van der Waals surface area contributed by atoms with Crippen LogP contribution in [0.4, 0.5) is 11.5 Å². The van der Waals surface area contributed by atoms with E-state index in [1.54, 1.807) is 0 Å². The fraction of sp³-hybridized carbons (Fsp3) is 0.115. The molecule has 0 saturated carbocycles. The Morgan fingerprint density at radius 3 is 2.13 bits per heavy atom. The van der Waals surface area contributed by atoms with Gasteiger partial charge in [0.2, 0.25) is 0 Å². The number of nitrogens with one attached hydrogen (secondary N) is 1. The Bertz CT molecular complexity index is 1160. The molecule has 2 heterocycles. The van der Waals surface area contributed by atoms with Crippen molar-refractivity contribution in [3.05, 3.63) is 108 Å². The Labute approximate surface area is 188 Å². The molecule has 0 atom stereocenters. The van der Waals surface area contributed by atoms with Crippen molar-refractivity contribution in [2.24, 2.45) is 0 Å². The van der Waals surface area contributed by atoms with Gasteiger partial charge in [-0.1, -0.05) is 29.8 Å². The van der Waals surface area contributed by atoms with Gasteiger partial charge in [0.05, 0.1) is 5.82 Å². The maximum Gasteiger partial charge on any atom is 2.00 e. The summed E-state index contributed by atoms with van der Waals surface area (Å²) in [7, 11) is 0. The zero-order valence-corrected chi connectivity index (χ0v) is 18.5. The van der Waals surface area contributed by atoms with Crippen LogP contribution < -0.4 is 5.32 Å². The Morgan fingerprint density at radius 2 is 1.53 bits per heavy atom. The summed E-state index contributed by atoms with van der Waals surface area (Å²) in [6.45, 7) is 6.36. The summed E-state index contributed by atoms with van der Waals surface area (Å²) in [6.07, 6.45) is 2.13. The van der Waals surface area contributed by atoms with Gasteiger partial charge in [-0.15, -0.1) is 12.1 Å². The molecular weight excluding hydrogens is 410 g/mol. The number of aromatic nitrogens is 2. The average molecular weight is 435 g/mol. The number of hydrogen-bond acceptors (Lipinski definition) is 2. The molecule has 0 radical (unpaired) electrons. The van der Waals surface area contributed by atoms with Crippen LogP contribution in [0.1, 0.15) is 16.7 Å². The fourth-order valence-corrected chi connectivity index (χ4v) is 3.45. The van der Waals surface area contributed by atoms with Gasteiger partial charge in [0.25, 0.3) is 0 Å². The molecule has 4 heteroatoms. The predicted molar refractivity (Wildman–Crippen MR) is 122 cm³/mol.